The molecular weight excluding hydrogens is 268 g/mol. The fourth-order valence-corrected chi connectivity index (χ4v) is 3.29. The molecule has 102 valence electrons. The number of hydrogen-bond donors (Lipinski definition) is 1. The first-order valence-corrected chi connectivity index (χ1v) is 7.68. The lowest BCUT2D eigenvalue weighted by Crippen LogP contribution is -2.33. The lowest BCUT2D eigenvalue weighted by molar-refractivity contribution is 0.109. The Balaban J connectivity index is 1.55. The van der Waals surface area contributed by atoms with Crippen LogP contribution in [0.1, 0.15) is 17.7 Å². The van der Waals surface area contributed by atoms with E-state index < -0.39 is 0 Å². The van der Waals surface area contributed by atoms with Crippen LogP contribution >= 0.6 is 22.9 Å². The molecule has 1 fully saturated rings. The van der Waals surface area contributed by atoms with Gasteiger partial charge in [-0.05, 0) is 32.0 Å². The van der Waals surface area contributed by atoms with Crippen LogP contribution in [0.15, 0.2) is 12.1 Å². The predicted octanol–water partition coefficient (Wildman–Crippen LogP) is 2.60. The summed E-state index contributed by atoms with van der Waals surface area (Å²) in [4.78, 5) is 3.63. The summed E-state index contributed by atoms with van der Waals surface area (Å²) >= 11 is 7.58. The average Bonchev–Trinajstić information content (AvgIpc) is 2.96. The first-order chi connectivity index (χ1) is 8.74. The van der Waals surface area contributed by atoms with Crippen LogP contribution < -0.4 is 5.32 Å². The van der Waals surface area contributed by atoms with Gasteiger partial charge in [0, 0.05) is 37.7 Å². The van der Waals surface area contributed by atoms with E-state index in [1.165, 1.54) is 17.7 Å². The molecule has 1 atom stereocenters. The third-order valence-electron chi connectivity index (χ3n) is 3.12. The summed E-state index contributed by atoms with van der Waals surface area (Å²) in [7, 11) is 2.14. The van der Waals surface area contributed by atoms with Crippen LogP contribution in [0.3, 0.4) is 0 Å². The molecule has 0 aromatic carbocycles. The minimum atomic E-state index is 0.436. The lowest BCUT2D eigenvalue weighted by atomic mass is 10.2. The summed E-state index contributed by atoms with van der Waals surface area (Å²) in [5.41, 5.74) is 0. The molecule has 1 aliphatic heterocycles. The topological polar surface area (TPSA) is 24.5 Å². The molecule has 1 aromatic heterocycles. The van der Waals surface area contributed by atoms with E-state index in [-0.39, 0.29) is 0 Å². The van der Waals surface area contributed by atoms with Gasteiger partial charge >= 0.3 is 0 Å². The van der Waals surface area contributed by atoms with Gasteiger partial charge in [-0.25, -0.2) is 0 Å². The third kappa shape index (κ3) is 4.86. The molecule has 3 nitrogen and oxygen atoms in total. The third-order valence-corrected chi connectivity index (χ3v) is 4.34. The highest BCUT2D eigenvalue weighted by atomic mass is 35.5. The van der Waals surface area contributed by atoms with Gasteiger partial charge in [0.2, 0.25) is 0 Å². The Hall–Kier alpha value is -0.130. The Morgan fingerprint density at radius 1 is 1.56 bits per heavy atom. The van der Waals surface area contributed by atoms with E-state index >= 15 is 0 Å². The molecule has 0 bridgehead atoms. The van der Waals surface area contributed by atoms with Crippen molar-refractivity contribution < 1.29 is 4.74 Å². The van der Waals surface area contributed by atoms with Crippen LogP contribution in [0.25, 0.3) is 0 Å². The van der Waals surface area contributed by atoms with Gasteiger partial charge in [0.05, 0.1) is 10.4 Å². The van der Waals surface area contributed by atoms with Crippen molar-refractivity contribution in [2.45, 2.75) is 25.5 Å². The Kier molecular flexibility index (Phi) is 5.92. The molecule has 2 heterocycles. The molecule has 1 unspecified atom stereocenters. The SMILES string of the molecule is CN(CCNCC1CCCO1)Cc1ccc(Cl)s1. The summed E-state index contributed by atoms with van der Waals surface area (Å²) < 4.78 is 6.44. The monoisotopic (exact) mass is 288 g/mol. The molecule has 1 aromatic rings. The van der Waals surface area contributed by atoms with Gasteiger partial charge in [-0.2, -0.15) is 0 Å². The molecule has 1 aliphatic rings. The summed E-state index contributed by atoms with van der Waals surface area (Å²) in [6.07, 6.45) is 2.86. The number of halogens is 1. The predicted molar refractivity (Wildman–Crippen MR) is 77.5 cm³/mol. The molecule has 1 N–H and O–H groups in total. The molecule has 0 amide bonds. The first-order valence-electron chi connectivity index (χ1n) is 6.49. The second kappa shape index (κ2) is 7.46. The van der Waals surface area contributed by atoms with Gasteiger partial charge in [-0.3, -0.25) is 0 Å². The van der Waals surface area contributed by atoms with Gasteiger partial charge < -0.3 is 15.0 Å². The van der Waals surface area contributed by atoms with Gasteiger partial charge in [0.15, 0.2) is 0 Å². The van der Waals surface area contributed by atoms with Crippen LogP contribution in [0, 0.1) is 0 Å². The molecule has 0 saturated carbocycles. The van der Waals surface area contributed by atoms with Gasteiger partial charge in [0.1, 0.15) is 0 Å². The van der Waals surface area contributed by atoms with Crippen molar-refractivity contribution in [1.82, 2.24) is 10.2 Å². The van der Waals surface area contributed by atoms with Crippen molar-refractivity contribution in [2.24, 2.45) is 0 Å². The molecule has 2 rings (SSSR count). The second-order valence-electron chi connectivity index (χ2n) is 4.78. The lowest BCUT2D eigenvalue weighted by Gasteiger charge is -2.17. The molecule has 18 heavy (non-hydrogen) atoms. The van der Waals surface area contributed by atoms with Crippen LogP contribution in [-0.4, -0.2) is 44.3 Å². The van der Waals surface area contributed by atoms with Crippen molar-refractivity contribution in [3.63, 3.8) is 0 Å². The van der Waals surface area contributed by atoms with E-state index in [9.17, 15) is 0 Å². The van der Waals surface area contributed by atoms with E-state index in [2.05, 4.69) is 23.3 Å². The number of hydrogen-bond acceptors (Lipinski definition) is 4. The highest BCUT2D eigenvalue weighted by Gasteiger charge is 2.14. The minimum absolute atomic E-state index is 0.436. The zero-order valence-corrected chi connectivity index (χ0v) is 12.4. The summed E-state index contributed by atoms with van der Waals surface area (Å²) in [6.45, 7) is 4.95. The number of thiophene rings is 1. The molecule has 0 aliphatic carbocycles. The number of rotatable bonds is 7. The van der Waals surface area contributed by atoms with Crippen LogP contribution in [0.2, 0.25) is 4.34 Å². The Morgan fingerprint density at radius 2 is 2.44 bits per heavy atom. The van der Waals surface area contributed by atoms with Crippen LogP contribution in [0.5, 0.6) is 0 Å². The Labute approximate surface area is 118 Å². The number of nitrogens with one attached hydrogen (secondary N) is 1. The fraction of sp³-hybridized carbons (Fsp3) is 0.692. The number of likely N-dealkylation sites (N-methyl/N-ethyl adjacent to an activating group) is 1. The zero-order chi connectivity index (χ0) is 12.8. The second-order valence-corrected chi connectivity index (χ2v) is 6.58. The molecule has 0 spiro atoms. The quantitative estimate of drug-likeness (QED) is 0.781. The molecule has 0 radical (unpaired) electrons. The normalized spacial score (nSPS) is 19.8. The van der Waals surface area contributed by atoms with Crippen molar-refractivity contribution >= 4 is 22.9 Å². The van der Waals surface area contributed by atoms with Crippen molar-refractivity contribution in [1.29, 1.82) is 0 Å². The number of nitrogens with zero attached hydrogens (tertiary/aromatic N) is 1. The highest BCUT2D eigenvalue weighted by Crippen LogP contribution is 2.22. The highest BCUT2D eigenvalue weighted by molar-refractivity contribution is 7.16. The smallest absolute Gasteiger partial charge is 0.0931 e. The molecule has 5 heteroatoms. The van der Waals surface area contributed by atoms with E-state index in [1.54, 1.807) is 11.3 Å². The number of ether oxygens (including phenoxy) is 1. The maximum atomic E-state index is 5.92. The largest absolute Gasteiger partial charge is 0.377 e. The van der Waals surface area contributed by atoms with Crippen molar-refractivity contribution in [2.75, 3.05) is 33.3 Å². The standard InChI is InChI=1S/C13H21ClN2OS/c1-16(10-12-4-5-13(14)18-12)7-6-15-9-11-3-2-8-17-11/h4-5,11,15H,2-3,6-10H2,1H3. The van der Waals surface area contributed by atoms with Crippen molar-refractivity contribution in [3.05, 3.63) is 21.3 Å². The molecule has 1 saturated heterocycles. The van der Waals surface area contributed by atoms with Gasteiger partial charge in [-0.15, -0.1) is 11.3 Å². The maximum Gasteiger partial charge on any atom is 0.0931 e. The zero-order valence-electron chi connectivity index (χ0n) is 10.8. The molecular formula is C13H21ClN2OS. The van der Waals surface area contributed by atoms with Crippen molar-refractivity contribution in [3.8, 4) is 0 Å². The Bertz CT molecular complexity index is 353. The van der Waals surface area contributed by atoms with Gasteiger partial charge in [0.25, 0.3) is 0 Å². The van der Waals surface area contributed by atoms with E-state index in [0.717, 1.165) is 37.1 Å². The van der Waals surface area contributed by atoms with Gasteiger partial charge in [-0.1, -0.05) is 11.6 Å². The summed E-state index contributed by atoms with van der Waals surface area (Å²) in [5, 5.41) is 3.46. The minimum Gasteiger partial charge on any atom is -0.377 e. The van der Waals surface area contributed by atoms with E-state index in [1.807, 2.05) is 6.07 Å². The summed E-state index contributed by atoms with van der Waals surface area (Å²) in [6, 6.07) is 4.06. The summed E-state index contributed by atoms with van der Waals surface area (Å²) in [5.74, 6) is 0. The fourth-order valence-electron chi connectivity index (χ4n) is 2.12. The van der Waals surface area contributed by atoms with E-state index in [0.29, 0.717) is 6.10 Å². The van der Waals surface area contributed by atoms with Crippen LogP contribution in [0.4, 0.5) is 0 Å². The first kappa shape index (κ1) is 14.3. The van der Waals surface area contributed by atoms with Crippen LogP contribution in [-0.2, 0) is 11.3 Å². The van der Waals surface area contributed by atoms with E-state index in [4.69, 9.17) is 16.3 Å². The Morgan fingerprint density at radius 3 is 3.11 bits per heavy atom. The maximum absolute atomic E-state index is 5.92. The average molecular weight is 289 g/mol.